The fourth-order valence-corrected chi connectivity index (χ4v) is 2.20. The first-order valence-electron chi connectivity index (χ1n) is 5.32. The van der Waals surface area contributed by atoms with Gasteiger partial charge in [0.2, 0.25) is 0 Å². The summed E-state index contributed by atoms with van der Waals surface area (Å²) in [6.45, 7) is -0.918. The topological polar surface area (TPSA) is 76.0 Å². The predicted octanol–water partition coefficient (Wildman–Crippen LogP) is 2.42. The van der Waals surface area contributed by atoms with Crippen molar-refractivity contribution in [2.45, 2.75) is 6.61 Å². The molecule has 0 saturated carbocycles. The van der Waals surface area contributed by atoms with Gasteiger partial charge in [-0.05, 0) is 16.3 Å². The van der Waals surface area contributed by atoms with Gasteiger partial charge in [0.25, 0.3) is 0 Å². The molecule has 0 aliphatic carbocycles. The number of aliphatic hydroxyl groups excluding tert-OH is 1. The van der Waals surface area contributed by atoms with Crippen molar-refractivity contribution in [2.24, 2.45) is 0 Å². The number of aliphatic hydroxyl groups is 1. The molecule has 0 radical (unpaired) electrons. The van der Waals surface area contributed by atoms with Gasteiger partial charge in [-0.25, -0.2) is 4.57 Å². The van der Waals surface area contributed by atoms with Gasteiger partial charge < -0.3 is 10.00 Å². The number of fused-ring (bicyclic) bond motifs is 1. The monoisotopic (exact) mass is 268 g/mol. The molecule has 0 aromatic heterocycles. The van der Waals surface area contributed by atoms with Crippen molar-refractivity contribution >= 4 is 18.6 Å². The van der Waals surface area contributed by atoms with Crippen molar-refractivity contribution in [3.8, 4) is 0 Å². The summed E-state index contributed by atoms with van der Waals surface area (Å²) in [6.07, 6.45) is 0. The minimum Gasteiger partial charge on any atom is -0.370 e. The first-order valence-corrected chi connectivity index (χ1v) is 6.81. The maximum absolute atomic E-state index is 11.3. The van der Waals surface area contributed by atoms with Crippen molar-refractivity contribution in [1.82, 2.24) is 0 Å². The van der Waals surface area contributed by atoms with Crippen molar-refractivity contribution in [2.75, 3.05) is 6.79 Å². The highest BCUT2D eigenvalue weighted by Crippen LogP contribution is 2.43. The van der Waals surface area contributed by atoms with Crippen LogP contribution in [-0.4, -0.2) is 16.8 Å². The maximum Gasteiger partial charge on any atom is 0.474 e. The third-order valence-corrected chi connectivity index (χ3v) is 3.38. The number of phosphoric acid groups is 1. The highest BCUT2D eigenvalue weighted by atomic mass is 31.2. The highest BCUT2D eigenvalue weighted by Gasteiger charge is 2.20. The zero-order valence-corrected chi connectivity index (χ0v) is 10.4. The third-order valence-electron chi connectivity index (χ3n) is 2.48. The Balaban J connectivity index is 2.20. The second-order valence-corrected chi connectivity index (χ2v) is 5.09. The van der Waals surface area contributed by atoms with Gasteiger partial charge in [0.15, 0.2) is 6.79 Å². The van der Waals surface area contributed by atoms with E-state index in [0.717, 1.165) is 16.3 Å². The fourth-order valence-electron chi connectivity index (χ4n) is 1.68. The molecule has 2 N–H and O–H groups in total. The first-order chi connectivity index (χ1) is 8.62. The molecule has 0 heterocycles. The Bertz CT molecular complexity index is 578. The largest absolute Gasteiger partial charge is 0.474 e. The van der Waals surface area contributed by atoms with Gasteiger partial charge in [0.1, 0.15) is 0 Å². The molecule has 18 heavy (non-hydrogen) atoms. The van der Waals surface area contributed by atoms with E-state index in [9.17, 15) is 9.46 Å². The average molecular weight is 268 g/mol. The molecule has 1 atom stereocenters. The number of benzene rings is 2. The van der Waals surface area contributed by atoms with Crippen LogP contribution in [0.25, 0.3) is 10.8 Å². The number of phosphoric ester groups is 1. The Morgan fingerprint density at radius 3 is 2.56 bits per heavy atom. The molecule has 96 valence electrons. The van der Waals surface area contributed by atoms with Gasteiger partial charge in [0, 0.05) is 0 Å². The Morgan fingerprint density at radius 2 is 1.78 bits per heavy atom. The van der Waals surface area contributed by atoms with Crippen molar-refractivity contribution in [3.63, 3.8) is 0 Å². The smallest absolute Gasteiger partial charge is 0.370 e. The van der Waals surface area contributed by atoms with E-state index in [0.29, 0.717) is 0 Å². The Hall–Kier alpha value is -1.23. The lowest BCUT2D eigenvalue weighted by Gasteiger charge is -2.11. The lowest BCUT2D eigenvalue weighted by molar-refractivity contribution is 0.0499. The van der Waals surface area contributed by atoms with Crippen LogP contribution in [-0.2, 0) is 20.2 Å². The molecular weight excluding hydrogens is 255 g/mol. The van der Waals surface area contributed by atoms with Crippen LogP contribution in [0, 0.1) is 0 Å². The highest BCUT2D eigenvalue weighted by molar-refractivity contribution is 7.47. The first kappa shape index (κ1) is 13.2. The second-order valence-electron chi connectivity index (χ2n) is 3.64. The molecule has 2 aromatic rings. The molecule has 0 aliphatic heterocycles. The van der Waals surface area contributed by atoms with E-state index in [-0.39, 0.29) is 6.61 Å². The lowest BCUT2D eigenvalue weighted by Crippen LogP contribution is -1.97. The van der Waals surface area contributed by atoms with Crippen LogP contribution in [0.3, 0.4) is 0 Å². The van der Waals surface area contributed by atoms with E-state index in [2.05, 4.69) is 4.52 Å². The second kappa shape index (κ2) is 5.61. The number of hydrogen-bond donors (Lipinski definition) is 2. The molecule has 5 nitrogen and oxygen atoms in total. The van der Waals surface area contributed by atoms with Gasteiger partial charge in [-0.1, -0.05) is 42.5 Å². The summed E-state index contributed by atoms with van der Waals surface area (Å²) in [6, 6.07) is 13.2. The third kappa shape index (κ3) is 3.16. The minimum absolute atomic E-state index is 0.0604. The van der Waals surface area contributed by atoms with Gasteiger partial charge in [-0.15, -0.1) is 0 Å². The minimum atomic E-state index is -4.19. The molecule has 0 amide bonds. The van der Waals surface area contributed by atoms with E-state index >= 15 is 0 Å². The molecule has 0 saturated heterocycles. The van der Waals surface area contributed by atoms with E-state index in [1.165, 1.54) is 0 Å². The molecule has 6 heteroatoms. The molecule has 0 bridgehead atoms. The van der Waals surface area contributed by atoms with Crippen LogP contribution < -0.4 is 0 Å². The Kier molecular flexibility index (Phi) is 4.11. The zero-order chi connectivity index (χ0) is 13.0. The van der Waals surface area contributed by atoms with Gasteiger partial charge in [0.05, 0.1) is 6.61 Å². The van der Waals surface area contributed by atoms with Crippen LogP contribution >= 0.6 is 7.82 Å². The van der Waals surface area contributed by atoms with Gasteiger partial charge in [-0.3, -0.25) is 9.05 Å². The van der Waals surface area contributed by atoms with E-state index in [1.54, 1.807) is 6.07 Å². The van der Waals surface area contributed by atoms with Crippen LogP contribution in [0.1, 0.15) is 5.56 Å². The zero-order valence-electron chi connectivity index (χ0n) is 9.52. The fraction of sp³-hybridized carbons (Fsp3) is 0.167. The summed E-state index contributed by atoms with van der Waals surface area (Å²) < 4.78 is 20.3. The average Bonchev–Trinajstić information content (AvgIpc) is 2.36. The van der Waals surface area contributed by atoms with Crippen LogP contribution in [0.5, 0.6) is 0 Å². The summed E-state index contributed by atoms with van der Waals surface area (Å²) in [5.74, 6) is 0. The quantitative estimate of drug-likeness (QED) is 0.643. The van der Waals surface area contributed by atoms with E-state index in [1.807, 2.05) is 36.4 Å². The Morgan fingerprint density at radius 1 is 1.06 bits per heavy atom. The van der Waals surface area contributed by atoms with Crippen LogP contribution in [0.15, 0.2) is 42.5 Å². The van der Waals surface area contributed by atoms with Crippen LogP contribution in [0.2, 0.25) is 0 Å². The van der Waals surface area contributed by atoms with Crippen molar-refractivity contribution in [3.05, 3.63) is 48.0 Å². The van der Waals surface area contributed by atoms with E-state index < -0.39 is 14.6 Å². The van der Waals surface area contributed by atoms with Gasteiger partial charge in [-0.2, -0.15) is 0 Å². The molecule has 0 spiro atoms. The maximum atomic E-state index is 11.3. The summed E-state index contributed by atoms with van der Waals surface area (Å²) in [4.78, 5) is 9.20. The van der Waals surface area contributed by atoms with Crippen molar-refractivity contribution < 1.29 is 23.6 Å². The molecule has 0 fully saturated rings. The van der Waals surface area contributed by atoms with E-state index in [4.69, 9.17) is 9.63 Å². The normalized spacial score (nSPS) is 14.6. The summed E-state index contributed by atoms with van der Waals surface area (Å²) >= 11 is 0. The van der Waals surface area contributed by atoms with Gasteiger partial charge >= 0.3 is 7.82 Å². The van der Waals surface area contributed by atoms with Crippen molar-refractivity contribution in [1.29, 1.82) is 0 Å². The number of hydrogen-bond acceptors (Lipinski definition) is 4. The molecule has 2 rings (SSSR count). The summed E-state index contributed by atoms with van der Waals surface area (Å²) in [5, 5.41) is 10.4. The van der Waals surface area contributed by atoms with Crippen LogP contribution in [0.4, 0.5) is 0 Å². The molecular formula is C12H13O5P. The summed E-state index contributed by atoms with van der Waals surface area (Å²) in [7, 11) is -4.19. The standard InChI is InChI=1S/C12H13O5P/c13-9-17-18(14,15)16-8-11-6-3-5-10-4-1-2-7-12(10)11/h1-7,13H,8-9H2,(H,14,15). The summed E-state index contributed by atoms with van der Waals surface area (Å²) in [5.41, 5.74) is 0.781. The molecule has 0 aliphatic rings. The predicted molar refractivity (Wildman–Crippen MR) is 66.7 cm³/mol. The molecule has 1 unspecified atom stereocenters. The lowest BCUT2D eigenvalue weighted by atomic mass is 10.1. The SMILES string of the molecule is O=P(O)(OCO)OCc1cccc2ccccc12. The molecule has 2 aromatic carbocycles. The Labute approximate surface area is 104 Å². The number of rotatable bonds is 5.